The van der Waals surface area contributed by atoms with Gasteiger partial charge in [0.15, 0.2) is 5.13 Å². The molecule has 25 heavy (non-hydrogen) atoms. The lowest BCUT2D eigenvalue weighted by atomic mass is 10.1. The number of carbonyl (C=O) groups excluding carboxylic acids is 2. The summed E-state index contributed by atoms with van der Waals surface area (Å²) in [5, 5.41) is 7.01. The number of benzene rings is 1. The monoisotopic (exact) mass is 363 g/mol. The largest absolute Gasteiger partial charge is 0.494 e. The molecule has 2 heterocycles. The normalized spacial score (nSPS) is 13.3. The summed E-state index contributed by atoms with van der Waals surface area (Å²) in [6, 6.07) is 4.31. The average molecular weight is 363 g/mol. The molecule has 2 amide bonds. The summed E-state index contributed by atoms with van der Waals surface area (Å²) in [6.45, 7) is 2.04. The smallest absolute Gasteiger partial charge is 0.295 e. The molecule has 0 bridgehead atoms. The molecule has 3 rings (SSSR count). The lowest BCUT2D eigenvalue weighted by Gasteiger charge is -2.14. The summed E-state index contributed by atoms with van der Waals surface area (Å²) in [5.74, 6) is -1.23. The van der Waals surface area contributed by atoms with Gasteiger partial charge < -0.3 is 14.8 Å². The Kier molecular flexibility index (Phi) is 4.94. The fraction of sp³-hybridized carbons (Fsp3) is 0.188. The van der Waals surface area contributed by atoms with E-state index in [4.69, 9.17) is 9.47 Å². The molecule has 0 radical (unpaired) electrons. The van der Waals surface area contributed by atoms with Crippen LogP contribution in [0.1, 0.15) is 6.92 Å². The van der Waals surface area contributed by atoms with Gasteiger partial charge in [-0.25, -0.2) is 9.37 Å². The Morgan fingerprint density at radius 2 is 2.12 bits per heavy atom. The Labute approximate surface area is 146 Å². The maximum Gasteiger partial charge on any atom is 0.295 e. The number of ether oxygens (including phenoxy) is 2. The lowest BCUT2D eigenvalue weighted by molar-refractivity contribution is -0.117. The van der Waals surface area contributed by atoms with Crippen LogP contribution in [0.4, 0.5) is 15.2 Å². The van der Waals surface area contributed by atoms with E-state index in [-0.39, 0.29) is 17.2 Å². The second-order valence-corrected chi connectivity index (χ2v) is 5.93. The van der Waals surface area contributed by atoms with Crippen molar-refractivity contribution in [2.45, 2.75) is 6.92 Å². The minimum Gasteiger partial charge on any atom is -0.494 e. The fourth-order valence-corrected chi connectivity index (χ4v) is 2.81. The van der Waals surface area contributed by atoms with Crippen molar-refractivity contribution in [2.75, 3.05) is 23.8 Å². The van der Waals surface area contributed by atoms with Gasteiger partial charge in [0.2, 0.25) is 11.7 Å². The van der Waals surface area contributed by atoms with Crippen LogP contribution in [-0.4, -0.2) is 30.0 Å². The van der Waals surface area contributed by atoms with Crippen LogP contribution in [0.2, 0.25) is 0 Å². The van der Waals surface area contributed by atoms with E-state index in [2.05, 4.69) is 15.6 Å². The topological polar surface area (TPSA) is 89.6 Å². The highest BCUT2D eigenvalue weighted by atomic mass is 32.1. The summed E-state index contributed by atoms with van der Waals surface area (Å²) >= 11 is 1.16. The molecule has 1 aromatic heterocycles. The number of aromatic nitrogens is 1. The summed E-state index contributed by atoms with van der Waals surface area (Å²) in [6.07, 6.45) is 1.24. The Morgan fingerprint density at radius 3 is 2.80 bits per heavy atom. The zero-order valence-electron chi connectivity index (χ0n) is 13.2. The van der Waals surface area contributed by atoms with E-state index in [9.17, 15) is 14.0 Å². The molecule has 9 heteroatoms. The molecular formula is C16H14FN3O4S. The highest BCUT2D eigenvalue weighted by Crippen LogP contribution is 2.29. The summed E-state index contributed by atoms with van der Waals surface area (Å²) in [5.41, 5.74) is 1.00. The van der Waals surface area contributed by atoms with Crippen molar-refractivity contribution in [3.63, 3.8) is 0 Å². The van der Waals surface area contributed by atoms with Crippen molar-refractivity contribution in [1.29, 1.82) is 0 Å². The van der Waals surface area contributed by atoms with E-state index in [0.717, 1.165) is 11.3 Å². The van der Waals surface area contributed by atoms with E-state index in [0.29, 0.717) is 29.7 Å². The third-order valence-corrected chi connectivity index (χ3v) is 3.92. The van der Waals surface area contributed by atoms with E-state index in [1.54, 1.807) is 11.4 Å². The van der Waals surface area contributed by atoms with Gasteiger partial charge in [-0.3, -0.25) is 14.9 Å². The van der Waals surface area contributed by atoms with Crippen LogP contribution >= 0.6 is 11.3 Å². The molecule has 0 fully saturated rings. The number of nitrogens with one attached hydrogen (secondary N) is 2. The number of anilines is 2. The summed E-state index contributed by atoms with van der Waals surface area (Å²) in [4.78, 5) is 27.2. The molecular weight excluding hydrogens is 349 g/mol. The zero-order valence-corrected chi connectivity index (χ0v) is 14.0. The molecule has 2 N–H and O–H groups in total. The third kappa shape index (κ3) is 4.13. The second kappa shape index (κ2) is 7.31. The molecule has 0 saturated carbocycles. The minimum atomic E-state index is -0.527. The first-order chi connectivity index (χ1) is 12.0. The number of thiazole rings is 1. The highest BCUT2D eigenvalue weighted by molar-refractivity contribution is 7.14. The molecule has 0 saturated heterocycles. The van der Waals surface area contributed by atoms with Crippen LogP contribution in [0.3, 0.4) is 0 Å². The lowest BCUT2D eigenvalue weighted by Crippen LogP contribution is -2.21. The Morgan fingerprint density at radius 1 is 1.28 bits per heavy atom. The van der Waals surface area contributed by atoms with Crippen molar-refractivity contribution >= 4 is 34.0 Å². The number of halogens is 1. The van der Waals surface area contributed by atoms with Gasteiger partial charge in [-0.1, -0.05) is 0 Å². The van der Waals surface area contributed by atoms with Gasteiger partial charge in [-0.2, -0.15) is 0 Å². The quantitative estimate of drug-likeness (QED) is 0.872. The minimum absolute atomic E-state index is 0.0637. The van der Waals surface area contributed by atoms with Crippen molar-refractivity contribution in [3.8, 4) is 11.3 Å². The molecule has 0 unspecified atom stereocenters. The van der Waals surface area contributed by atoms with Crippen LogP contribution in [0, 0.1) is 5.82 Å². The SMILES string of the molecule is CC(=O)Nc1ccc(-c2csc(NC(=O)C3=COCCO3)n2)c(F)c1. The van der Waals surface area contributed by atoms with Gasteiger partial charge in [0, 0.05) is 23.6 Å². The van der Waals surface area contributed by atoms with Crippen LogP contribution in [0.25, 0.3) is 11.3 Å². The van der Waals surface area contributed by atoms with Crippen molar-refractivity contribution in [2.24, 2.45) is 0 Å². The maximum absolute atomic E-state index is 14.2. The molecule has 130 valence electrons. The number of carbonyl (C=O) groups is 2. The molecule has 1 aliphatic heterocycles. The Bertz CT molecular complexity index is 850. The van der Waals surface area contributed by atoms with Crippen molar-refractivity contribution in [3.05, 3.63) is 41.4 Å². The van der Waals surface area contributed by atoms with Crippen molar-refractivity contribution in [1.82, 2.24) is 4.98 Å². The number of amides is 2. The van der Waals surface area contributed by atoms with Crippen molar-refractivity contribution < 1.29 is 23.5 Å². The van der Waals surface area contributed by atoms with Gasteiger partial charge in [0.25, 0.3) is 5.91 Å². The second-order valence-electron chi connectivity index (χ2n) is 5.07. The first kappa shape index (κ1) is 16.9. The molecule has 0 spiro atoms. The molecule has 0 atom stereocenters. The van der Waals surface area contributed by atoms with Gasteiger partial charge in [0.1, 0.15) is 25.3 Å². The molecule has 7 nitrogen and oxygen atoms in total. The highest BCUT2D eigenvalue weighted by Gasteiger charge is 2.17. The maximum atomic E-state index is 14.2. The standard InChI is InChI=1S/C16H14FN3O4S/c1-9(21)18-10-2-3-11(12(17)6-10)13-8-25-16(19-13)20-15(22)14-7-23-4-5-24-14/h2-3,6-8H,4-5H2,1H3,(H,18,21)(H,19,20,22). The number of hydrogen-bond acceptors (Lipinski definition) is 6. The Balaban J connectivity index is 1.74. The Hall–Kier alpha value is -2.94. The molecule has 1 aromatic carbocycles. The van der Waals surface area contributed by atoms with Crippen LogP contribution in [-0.2, 0) is 19.1 Å². The molecule has 0 aliphatic carbocycles. The van der Waals surface area contributed by atoms with E-state index < -0.39 is 11.7 Å². The van der Waals surface area contributed by atoms with E-state index >= 15 is 0 Å². The van der Waals surface area contributed by atoms with Gasteiger partial charge in [0.05, 0.1) is 5.69 Å². The van der Waals surface area contributed by atoms with Crippen LogP contribution < -0.4 is 10.6 Å². The van der Waals surface area contributed by atoms with E-state index in [1.807, 2.05) is 0 Å². The third-order valence-electron chi connectivity index (χ3n) is 3.16. The molecule has 1 aliphatic rings. The number of rotatable bonds is 4. The predicted octanol–water partition coefficient (Wildman–Crippen LogP) is 2.73. The van der Waals surface area contributed by atoms with Crippen LogP contribution in [0.15, 0.2) is 35.6 Å². The summed E-state index contributed by atoms with van der Waals surface area (Å²) < 4.78 is 24.4. The first-order valence-electron chi connectivity index (χ1n) is 7.32. The fourth-order valence-electron chi connectivity index (χ4n) is 2.10. The van der Waals surface area contributed by atoms with Gasteiger partial charge in [-0.05, 0) is 18.2 Å². The first-order valence-corrected chi connectivity index (χ1v) is 8.20. The predicted molar refractivity (Wildman–Crippen MR) is 90.4 cm³/mol. The van der Waals surface area contributed by atoms with Gasteiger partial charge >= 0.3 is 0 Å². The number of nitrogens with zero attached hydrogens (tertiary/aromatic N) is 1. The number of hydrogen-bond donors (Lipinski definition) is 2. The average Bonchev–Trinajstić information content (AvgIpc) is 3.03. The summed E-state index contributed by atoms with van der Waals surface area (Å²) in [7, 11) is 0. The van der Waals surface area contributed by atoms with Gasteiger partial charge in [-0.15, -0.1) is 11.3 Å². The van der Waals surface area contributed by atoms with E-state index in [1.165, 1.54) is 25.3 Å². The molecule has 2 aromatic rings. The zero-order chi connectivity index (χ0) is 17.8. The van der Waals surface area contributed by atoms with Crippen LogP contribution in [0.5, 0.6) is 0 Å².